The van der Waals surface area contributed by atoms with Gasteiger partial charge < -0.3 is 4.65 Å². The van der Waals surface area contributed by atoms with E-state index >= 15 is 0 Å². The first-order valence-corrected chi connectivity index (χ1v) is 5.54. The van der Waals surface area contributed by atoms with Gasteiger partial charge in [0, 0.05) is 0 Å². The van der Waals surface area contributed by atoms with Crippen molar-refractivity contribution >= 4 is 6.35 Å². The molecule has 0 N–H and O–H groups in total. The van der Waals surface area contributed by atoms with Crippen molar-refractivity contribution in [3.05, 3.63) is 0 Å². The average Bonchev–Trinajstić information content (AvgIpc) is 2.33. The third-order valence-electron chi connectivity index (χ3n) is 3.81. The summed E-state index contributed by atoms with van der Waals surface area (Å²) in [6.07, 6.45) is 6.54. The minimum absolute atomic E-state index is 0.341. The SMILES string of the molecule is CC1CC(C)C[B-]2(CCCO2)C1. The van der Waals surface area contributed by atoms with Crippen LogP contribution in [0.25, 0.3) is 0 Å². The molecule has 2 saturated heterocycles. The first kappa shape index (κ1) is 8.62. The van der Waals surface area contributed by atoms with Crippen molar-refractivity contribution in [1.82, 2.24) is 0 Å². The van der Waals surface area contributed by atoms with Crippen LogP contribution in [0.2, 0.25) is 19.0 Å². The predicted molar refractivity (Wildman–Crippen MR) is 53.7 cm³/mol. The van der Waals surface area contributed by atoms with Crippen LogP contribution in [-0.4, -0.2) is 13.0 Å². The Morgan fingerprint density at radius 1 is 1.17 bits per heavy atom. The van der Waals surface area contributed by atoms with Crippen molar-refractivity contribution in [2.45, 2.75) is 45.6 Å². The summed E-state index contributed by atoms with van der Waals surface area (Å²) in [6, 6.07) is 0. The van der Waals surface area contributed by atoms with Crippen molar-refractivity contribution in [2.24, 2.45) is 11.8 Å². The van der Waals surface area contributed by atoms with Gasteiger partial charge >= 0.3 is 0 Å². The summed E-state index contributed by atoms with van der Waals surface area (Å²) in [6.45, 7) is 5.82. The van der Waals surface area contributed by atoms with Gasteiger partial charge in [-0.1, -0.05) is 38.5 Å². The molecule has 0 aromatic heterocycles. The maximum Gasteiger partial charge on any atom is 0.115 e. The molecule has 0 aromatic rings. The van der Waals surface area contributed by atoms with E-state index in [2.05, 4.69) is 13.8 Å². The number of rotatable bonds is 0. The smallest absolute Gasteiger partial charge is 0.115 e. The van der Waals surface area contributed by atoms with Crippen LogP contribution >= 0.6 is 0 Å². The third-order valence-corrected chi connectivity index (χ3v) is 3.81. The fourth-order valence-corrected chi connectivity index (χ4v) is 3.69. The lowest BCUT2D eigenvalue weighted by molar-refractivity contribution is 0.305. The summed E-state index contributed by atoms with van der Waals surface area (Å²) in [4.78, 5) is 0. The van der Waals surface area contributed by atoms with Crippen molar-refractivity contribution in [3.63, 3.8) is 0 Å². The zero-order chi connectivity index (χ0) is 8.60. The van der Waals surface area contributed by atoms with Crippen LogP contribution in [0, 0.1) is 11.8 Å². The Kier molecular flexibility index (Phi) is 2.20. The molecule has 2 heteroatoms. The summed E-state index contributed by atoms with van der Waals surface area (Å²) in [5.41, 5.74) is 0. The van der Waals surface area contributed by atoms with Crippen LogP contribution in [0.4, 0.5) is 0 Å². The number of hydrogen-bond acceptors (Lipinski definition) is 1. The summed E-state index contributed by atoms with van der Waals surface area (Å²) < 4.78 is 5.98. The molecule has 2 unspecified atom stereocenters. The monoisotopic (exact) mass is 167 g/mol. The Hall–Kier alpha value is 0.0249. The van der Waals surface area contributed by atoms with Crippen molar-refractivity contribution in [2.75, 3.05) is 6.61 Å². The molecule has 70 valence electrons. The highest BCUT2D eigenvalue weighted by Crippen LogP contribution is 2.42. The van der Waals surface area contributed by atoms with Crippen molar-refractivity contribution < 1.29 is 4.65 Å². The van der Waals surface area contributed by atoms with Gasteiger partial charge in [-0.2, -0.15) is 19.0 Å². The minimum Gasteiger partial charge on any atom is -0.590 e. The second-order valence-electron chi connectivity index (χ2n) is 5.30. The maximum atomic E-state index is 5.98. The van der Waals surface area contributed by atoms with Crippen LogP contribution in [0.1, 0.15) is 26.7 Å². The van der Waals surface area contributed by atoms with Crippen molar-refractivity contribution in [1.29, 1.82) is 0 Å². The largest absolute Gasteiger partial charge is 0.590 e. The van der Waals surface area contributed by atoms with Gasteiger partial charge in [0.05, 0.1) is 0 Å². The number of hydrogen-bond donors (Lipinski definition) is 0. The lowest BCUT2D eigenvalue weighted by atomic mass is 9.29. The topological polar surface area (TPSA) is 9.23 Å². The molecule has 0 bridgehead atoms. The van der Waals surface area contributed by atoms with Crippen LogP contribution in [-0.2, 0) is 4.65 Å². The van der Waals surface area contributed by atoms with Crippen LogP contribution in [0.15, 0.2) is 0 Å². The molecular weight excluding hydrogens is 147 g/mol. The lowest BCUT2D eigenvalue weighted by Crippen LogP contribution is -2.41. The second-order valence-corrected chi connectivity index (χ2v) is 5.30. The molecule has 2 aliphatic rings. The highest BCUT2D eigenvalue weighted by atomic mass is 16.4. The van der Waals surface area contributed by atoms with Gasteiger partial charge in [-0.05, 0) is 6.61 Å². The molecule has 1 nitrogen and oxygen atoms in total. The molecule has 0 saturated carbocycles. The van der Waals surface area contributed by atoms with Gasteiger partial charge in [-0.3, -0.25) is 0 Å². The molecule has 12 heavy (non-hydrogen) atoms. The average molecular weight is 167 g/mol. The first-order valence-electron chi connectivity index (χ1n) is 5.54. The molecule has 0 aliphatic carbocycles. The molecule has 2 heterocycles. The van der Waals surface area contributed by atoms with E-state index in [0.717, 1.165) is 18.4 Å². The minimum atomic E-state index is -0.341. The molecule has 0 radical (unpaired) electrons. The van der Waals surface area contributed by atoms with E-state index in [-0.39, 0.29) is 6.35 Å². The maximum absolute atomic E-state index is 5.98. The second kappa shape index (κ2) is 3.06. The molecule has 2 fully saturated rings. The lowest BCUT2D eigenvalue weighted by Gasteiger charge is -2.45. The van der Waals surface area contributed by atoms with E-state index in [9.17, 15) is 0 Å². The molecule has 0 aromatic carbocycles. The Labute approximate surface area is 75.8 Å². The molecule has 2 atom stereocenters. The van der Waals surface area contributed by atoms with Crippen LogP contribution in [0.5, 0.6) is 0 Å². The summed E-state index contributed by atoms with van der Waals surface area (Å²) >= 11 is 0. The molecule has 0 amide bonds. The van der Waals surface area contributed by atoms with Gasteiger partial charge in [0.15, 0.2) is 0 Å². The quantitative estimate of drug-likeness (QED) is 0.504. The highest BCUT2D eigenvalue weighted by Gasteiger charge is 2.35. The Bertz CT molecular complexity index is 151. The summed E-state index contributed by atoms with van der Waals surface area (Å²) in [5, 5.41) is 0. The standard InChI is InChI=1S/C10H20BO/c1-9-6-10(2)8-11(7-9)4-3-5-12-11/h9-10H,3-8H2,1-2H3/q-1. The molecule has 2 aliphatic heterocycles. The van der Waals surface area contributed by atoms with Gasteiger partial charge in [-0.25, -0.2) is 0 Å². The fraction of sp³-hybridized carbons (Fsp3) is 1.00. The fourth-order valence-electron chi connectivity index (χ4n) is 3.69. The van der Waals surface area contributed by atoms with Gasteiger partial charge in [0.1, 0.15) is 6.35 Å². The zero-order valence-corrected chi connectivity index (χ0v) is 8.38. The molecule has 2 rings (SSSR count). The van der Waals surface area contributed by atoms with E-state index in [1.165, 1.54) is 31.8 Å². The third kappa shape index (κ3) is 1.54. The zero-order valence-electron chi connectivity index (χ0n) is 8.38. The Balaban J connectivity index is 2.04. The van der Waals surface area contributed by atoms with Gasteiger partial charge in [0.2, 0.25) is 0 Å². The predicted octanol–water partition coefficient (Wildman–Crippen LogP) is 3.03. The molecule has 1 spiro atoms. The van der Waals surface area contributed by atoms with Crippen molar-refractivity contribution in [3.8, 4) is 0 Å². The summed E-state index contributed by atoms with van der Waals surface area (Å²) in [5.74, 6) is 1.82. The Morgan fingerprint density at radius 2 is 1.83 bits per heavy atom. The molecular formula is C10H20BO-. The normalized spacial score (nSPS) is 48.5. The Morgan fingerprint density at radius 3 is 2.33 bits per heavy atom. The summed E-state index contributed by atoms with van der Waals surface area (Å²) in [7, 11) is 0. The highest BCUT2D eigenvalue weighted by molar-refractivity contribution is 6.74. The van der Waals surface area contributed by atoms with E-state index in [0.29, 0.717) is 0 Å². The van der Waals surface area contributed by atoms with Gasteiger partial charge in [-0.15, -0.1) is 0 Å². The van der Waals surface area contributed by atoms with E-state index in [4.69, 9.17) is 4.65 Å². The van der Waals surface area contributed by atoms with Crippen LogP contribution in [0.3, 0.4) is 0 Å². The van der Waals surface area contributed by atoms with Gasteiger partial charge in [0.25, 0.3) is 0 Å². The van der Waals surface area contributed by atoms with E-state index in [1.807, 2.05) is 0 Å². The van der Waals surface area contributed by atoms with E-state index in [1.54, 1.807) is 0 Å². The van der Waals surface area contributed by atoms with E-state index < -0.39 is 0 Å². The van der Waals surface area contributed by atoms with Crippen LogP contribution < -0.4 is 0 Å². The first-order chi connectivity index (χ1) is 5.70.